The van der Waals surface area contributed by atoms with Crippen LogP contribution >= 0.6 is 22.9 Å². The molecule has 0 aromatic carbocycles. The highest BCUT2D eigenvalue weighted by molar-refractivity contribution is 14.1. The van der Waals surface area contributed by atoms with Gasteiger partial charge in [-0.25, -0.2) is 3.11 Å². The van der Waals surface area contributed by atoms with Crippen LogP contribution in [-0.4, -0.2) is 52.8 Å². The van der Waals surface area contributed by atoms with Crippen molar-refractivity contribution in [1.82, 2.24) is 8.01 Å². The number of hydrogen-bond acceptors (Lipinski definition) is 3. The maximum Gasteiger partial charge on any atom is 0.246 e. The molecule has 2 fully saturated rings. The van der Waals surface area contributed by atoms with Gasteiger partial charge in [-0.3, -0.25) is 4.79 Å². The maximum absolute atomic E-state index is 11.7. The Kier molecular flexibility index (Phi) is 3.63. The standard InChI is InChI=1S/C10H15IN2O2/c1-15-6-2-3-10(14)12-7-9-8(12)4-5-13(9)11/h2-3,8-9H,4-7H2,1H3/b3-2+. The fourth-order valence-electron chi connectivity index (χ4n) is 2.17. The zero-order valence-electron chi connectivity index (χ0n) is 8.73. The predicted molar refractivity (Wildman–Crippen MR) is 65.6 cm³/mol. The van der Waals surface area contributed by atoms with Crippen molar-refractivity contribution in [3.63, 3.8) is 0 Å². The molecule has 4 nitrogen and oxygen atoms in total. The molecule has 0 spiro atoms. The number of hydrogen-bond donors (Lipinski definition) is 0. The summed E-state index contributed by atoms with van der Waals surface area (Å²) in [5.74, 6) is 0.125. The highest BCUT2D eigenvalue weighted by atomic mass is 127. The van der Waals surface area contributed by atoms with E-state index in [0.29, 0.717) is 18.7 Å². The maximum atomic E-state index is 11.7. The molecule has 0 aromatic rings. The molecular weight excluding hydrogens is 307 g/mol. The van der Waals surface area contributed by atoms with Gasteiger partial charge in [0.05, 0.1) is 18.7 Å². The molecule has 5 heteroatoms. The molecule has 2 aliphatic rings. The van der Waals surface area contributed by atoms with Crippen LogP contribution < -0.4 is 0 Å². The smallest absolute Gasteiger partial charge is 0.246 e. The van der Waals surface area contributed by atoms with E-state index in [2.05, 4.69) is 26.0 Å². The normalized spacial score (nSPS) is 30.7. The molecule has 0 N–H and O–H groups in total. The molecule has 2 rings (SSSR count). The Morgan fingerprint density at radius 2 is 2.40 bits per heavy atom. The largest absolute Gasteiger partial charge is 0.381 e. The van der Waals surface area contributed by atoms with Crippen LogP contribution in [0.2, 0.25) is 0 Å². The first-order chi connectivity index (χ1) is 7.24. The average Bonchev–Trinajstić information content (AvgIpc) is 2.42. The number of halogens is 1. The Morgan fingerprint density at radius 3 is 3.07 bits per heavy atom. The van der Waals surface area contributed by atoms with Gasteiger partial charge < -0.3 is 9.64 Å². The van der Waals surface area contributed by atoms with Gasteiger partial charge in [0.25, 0.3) is 0 Å². The quantitative estimate of drug-likeness (QED) is 0.438. The highest BCUT2D eigenvalue weighted by Crippen LogP contribution is 2.34. The number of carbonyl (C=O) groups excluding carboxylic acids is 1. The molecule has 0 bridgehead atoms. The van der Waals surface area contributed by atoms with Gasteiger partial charge in [-0.15, -0.1) is 0 Å². The second-order valence-electron chi connectivity index (χ2n) is 3.89. The van der Waals surface area contributed by atoms with E-state index in [1.165, 1.54) is 0 Å². The van der Waals surface area contributed by atoms with Crippen molar-refractivity contribution in [2.45, 2.75) is 18.5 Å². The van der Waals surface area contributed by atoms with E-state index in [1.807, 2.05) is 4.90 Å². The number of amides is 1. The van der Waals surface area contributed by atoms with E-state index in [0.717, 1.165) is 19.5 Å². The topological polar surface area (TPSA) is 32.8 Å². The van der Waals surface area contributed by atoms with Gasteiger partial charge in [-0.1, -0.05) is 6.08 Å². The summed E-state index contributed by atoms with van der Waals surface area (Å²) in [7, 11) is 1.62. The minimum Gasteiger partial charge on any atom is -0.381 e. The molecule has 84 valence electrons. The molecule has 2 heterocycles. The summed E-state index contributed by atoms with van der Waals surface area (Å²) in [5.41, 5.74) is 0. The van der Waals surface area contributed by atoms with Gasteiger partial charge in [0.2, 0.25) is 5.91 Å². The molecule has 1 amide bonds. The molecule has 2 atom stereocenters. The van der Waals surface area contributed by atoms with E-state index in [4.69, 9.17) is 4.74 Å². The molecule has 2 aliphatic heterocycles. The third kappa shape index (κ3) is 2.19. The predicted octanol–water partition coefficient (Wildman–Crippen LogP) is 0.824. The van der Waals surface area contributed by atoms with Gasteiger partial charge in [0.15, 0.2) is 0 Å². The number of ether oxygens (including phenoxy) is 1. The van der Waals surface area contributed by atoms with Crippen LogP contribution in [-0.2, 0) is 9.53 Å². The Labute approximate surface area is 104 Å². The van der Waals surface area contributed by atoms with Crippen LogP contribution in [0, 0.1) is 0 Å². The molecular formula is C10H15IN2O2. The third-order valence-corrected chi connectivity index (χ3v) is 4.23. The number of rotatable bonds is 3. The first-order valence-corrected chi connectivity index (χ1v) is 6.09. The SMILES string of the molecule is COC/C=C/C(=O)N1CC2C1CCN2I. The van der Waals surface area contributed by atoms with Crippen LogP contribution in [0.4, 0.5) is 0 Å². The monoisotopic (exact) mass is 322 g/mol. The van der Waals surface area contributed by atoms with Crippen molar-refractivity contribution in [2.75, 3.05) is 26.8 Å². The second kappa shape index (κ2) is 4.80. The first-order valence-electron chi connectivity index (χ1n) is 5.12. The molecule has 0 radical (unpaired) electrons. The van der Waals surface area contributed by atoms with Crippen LogP contribution in [0.15, 0.2) is 12.2 Å². The highest BCUT2D eigenvalue weighted by Gasteiger charge is 2.47. The zero-order valence-corrected chi connectivity index (χ0v) is 10.9. The Morgan fingerprint density at radius 1 is 1.60 bits per heavy atom. The first kappa shape index (κ1) is 11.3. The lowest BCUT2D eigenvalue weighted by molar-refractivity contribution is -0.134. The van der Waals surface area contributed by atoms with Crippen molar-refractivity contribution in [3.8, 4) is 0 Å². The summed E-state index contributed by atoms with van der Waals surface area (Å²) in [5, 5.41) is 0. The van der Waals surface area contributed by atoms with Gasteiger partial charge >= 0.3 is 0 Å². The molecule has 2 unspecified atom stereocenters. The van der Waals surface area contributed by atoms with Crippen molar-refractivity contribution in [3.05, 3.63) is 12.2 Å². The summed E-state index contributed by atoms with van der Waals surface area (Å²) in [6.45, 7) is 2.48. The summed E-state index contributed by atoms with van der Waals surface area (Å²) >= 11 is 2.35. The summed E-state index contributed by atoms with van der Waals surface area (Å²) in [4.78, 5) is 13.7. The summed E-state index contributed by atoms with van der Waals surface area (Å²) < 4.78 is 7.17. The molecule has 15 heavy (non-hydrogen) atoms. The van der Waals surface area contributed by atoms with Crippen LogP contribution in [0.1, 0.15) is 6.42 Å². The summed E-state index contributed by atoms with van der Waals surface area (Å²) in [6, 6.07) is 1.03. The second-order valence-corrected chi connectivity index (χ2v) is 5.13. The summed E-state index contributed by atoms with van der Waals surface area (Å²) in [6.07, 6.45) is 4.50. The number of likely N-dealkylation sites (tertiary alicyclic amines) is 1. The third-order valence-electron chi connectivity index (χ3n) is 3.03. The lowest BCUT2D eigenvalue weighted by atomic mass is 9.98. The Hall–Kier alpha value is -0.140. The number of carbonyl (C=O) groups is 1. The minimum absolute atomic E-state index is 0.125. The van der Waals surface area contributed by atoms with Gasteiger partial charge in [0, 0.05) is 49.1 Å². The lowest BCUT2D eigenvalue weighted by Gasteiger charge is -2.45. The number of nitrogens with zero attached hydrogens (tertiary/aromatic N) is 2. The van der Waals surface area contributed by atoms with E-state index in [9.17, 15) is 4.79 Å². The van der Waals surface area contributed by atoms with Crippen molar-refractivity contribution in [1.29, 1.82) is 0 Å². The molecule has 2 saturated heterocycles. The fourth-order valence-corrected chi connectivity index (χ4v) is 2.99. The van der Waals surface area contributed by atoms with Crippen LogP contribution in [0.3, 0.4) is 0 Å². The average molecular weight is 322 g/mol. The van der Waals surface area contributed by atoms with Gasteiger partial charge in [0.1, 0.15) is 0 Å². The fraction of sp³-hybridized carbons (Fsp3) is 0.700. The Bertz CT molecular complexity index is 283. The van der Waals surface area contributed by atoms with Gasteiger partial charge in [-0.2, -0.15) is 0 Å². The lowest BCUT2D eigenvalue weighted by Crippen LogP contribution is -2.61. The van der Waals surface area contributed by atoms with E-state index in [1.54, 1.807) is 19.3 Å². The van der Waals surface area contributed by atoms with Gasteiger partial charge in [-0.05, 0) is 6.42 Å². The van der Waals surface area contributed by atoms with E-state index < -0.39 is 0 Å². The number of methoxy groups -OCH3 is 1. The van der Waals surface area contributed by atoms with Crippen LogP contribution in [0.5, 0.6) is 0 Å². The van der Waals surface area contributed by atoms with Crippen molar-refractivity contribution >= 4 is 28.8 Å². The van der Waals surface area contributed by atoms with E-state index >= 15 is 0 Å². The number of fused-ring (bicyclic) bond motifs is 1. The zero-order chi connectivity index (χ0) is 10.8. The molecule has 0 aliphatic carbocycles. The molecule has 0 aromatic heterocycles. The van der Waals surface area contributed by atoms with E-state index in [-0.39, 0.29) is 5.91 Å². The van der Waals surface area contributed by atoms with Crippen molar-refractivity contribution in [2.24, 2.45) is 0 Å². The Balaban J connectivity index is 1.84. The van der Waals surface area contributed by atoms with Crippen LogP contribution in [0.25, 0.3) is 0 Å². The van der Waals surface area contributed by atoms with Crippen molar-refractivity contribution < 1.29 is 9.53 Å². The molecule has 0 saturated carbocycles. The minimum atomic E-state index is 0.125.